The Morgan fingerprint density at radius 3 is 2.67 bits per heavy atom. The highest BCUT2D eigenvalue weighted by Crippen LogP contribution is 2.46. The number of imide groups is 1. The smallest absolute Gasteiger partial charge is 0.338 e. The number of nitrogens with zero attached hydrogens (tertiary/aromatic N) is 4. The second kappa shape index (κ2) is 11.2. The molecule has 0 aromatic heterocycles. The van der Waals surface area contributed by atoms with Gasteiger partial charge in [0.05, 0.1) is 38.1 Å². The summed E-state index contributed by atoms with van der Waals surface area (Å²) in [6.07, 6.45) is -0.710. The first-order chi connectivity index (χ1) is 18.7. The van der Waals surface area contributed by atoms with Gasteiger partial charge in [-0.3, -0.25) is 9.69 Å². The van der Waals surface area contributed by atoms with Crippen LogP contribution in [0.4, 0.5) is 4.79 Å². The summed E-state index contributed by atoms with van der Waals surface area (Å²) < 4.78 is 22.2. The van der Waals surface area contributed by atoms with E-state index in [4.69, 9.17) is 24.7 Å². The van der Waals surface area contributed by atoms with Gasteiger partial charge in [-0.05, 0) is 13.0 Å². The van der Waals surface area contributed by atoms with Gasteiger partial charge < -0.3 is 34.9 Å². The van der Waals surface area contributed by atoms with Gasteiger partial charge in [-0.2, -0.15) is 5.26 Å². The third-order valence-electron chi connectivity index (χ3n) is 6.49. The number of aliphatic imine (C=N–C) groups is 1. The first-order valence-corrected chi connectivity index (χ1v) is 12.9. The van der Waals surface area contributed by atoms with E-state index in [1.165, 1.54) is 26.2 Å². The molecule has 3 amide bonds. The minimum Gasteiger partial charge on any atom is -0.493 e. The lowest BCUT2D eigenvalue weighted by atomic mass is 9.82. The summed E-state index contributed by atoms with van der Waals surface area (Å²) in [5, 5.41) is 13.4. The molecule has 39 heavy (non-hydrogen) atoms. The Bertz CT molecular complexity index is 1350. The van der Waals surface area contributed by atoms with Crippen LogP contribution in [0.5, 0.6) is 11.5 Å². The molecule has 3 N–H and O–H groups in total. The number of fused-ring (bicyclic) bond motifs is 1. The summed E-state index contributed by atoms with van der Waals surface area (Å²) in [6, 6.07) is 5.96. The van der Waals surface area contributed by atoms with E-state index < -0.39 is 36.0 Å². The minimum atomic E-state index is -0.969. The zero-order valence-electron chi connectivity index (χ0n) is 22.0. The highest BCUT2D eigenvalue weighted by atomic mass is 32.2. The summed E-state index contributed by atoms with van der Waals surface area (Å²) in [5.74, 6) is -1.32. The highest BCUT2D eigenvalue weighted by molar-refractivity contribution is 8.14. The fourth-order valence-corrected chi connectivity index (χ4v) is 5.49. The van der Waals surface area contributed by atoms with E-state index in [0.717, 1.165) is 16.7 Å². The van der Waals surface area contributed by atoms with Crippen molar-refractivity contribution in [1.29, 1.82) is 5.26 Å². The van der Waals surface area contributed by atoms with Crippen molar-refractivity contribution < 1.29 is 33.3 Å². The Balaban J connectivity index is 1.74. The molecule has 3 unspecified atom stereocenters. The minimum absolute atomic E-state index is 0.00878. The van der Waals surface area contributed by atoms with E-state index in [1.54, 1.807) is 32.2 Å². The molecular weight excluding hydrogens is 528 g/mol. The fraction of sp³-hybridized carbons (Fsp3) is 0.400. The molecule has 0 aliphatic carbocycles. The molecule has 3 atom stereocenters. The molecule has 3 aliphatic heterocycles. The van der Waals surface area contributed by atoms with Crippen LogP contribution in [0.15, 0.2) is 46.0 Å². The third kappa shape index (κ3) is 4.81. The zero-order chi connectivity index (χ0) is 28.4. The maximum atomic E-state index is 13.3. The van der Waals surface area contributed by atoms with Crippen LogP contribution in [0.2, 0.25) is 0 Å². The molecule has 1 aromatic rings. The van der Waals surface area contributed by atoms with E-state index >= 15 is 0 Å². The Labute approximate surface area is 229 Å². The molecule has 14 heteroatoms. The maximum Gasteiger partial charge on any atom is 0.338 e. The Morgan fingerprint density at radius 2 is 2.03 bits per heavy atom. The predicted molar refractivity (Wildman–Crippen MR) is 140 cm³/mol. The molecule has 0 radical (unpaired) electrons. The molecule has 3 heterocycles. The molecule has 13 nitrogen and oxygen atoms in total. The largest absolute Gasteiger partial charge is 0.493 e. The van der Waals surface area contributed by atoms with Gasteiger partial charge in [0.25, 0.3) is 5.91 Å². The van der Waals surface area contributed by atoms with Crippen molar-refractivity contribution >= 4 is 34.8 Å². The van der Waals surface area contributed by atoms with Crippen molar-refractivity contribution in [2.24, 2.45) is 10.7 Å². The van der Waals surface area contributed by atoms with E-state index in [1.807, 2.05) is 0 Å². The lowest BCUT2D eigenvalue weighted by Gasteiger charge is -2.36. The van der Waals surface area contributed by atoms with E-state index in [2.05, 4.69) is 16.4 Å². The Hall–Kier alpha value is -4.38. The molecule has 206 valence electrons. The number of benzene rings is 1. The first-order valence-electron chi connectivity index (χ1n) is 11.9. The van der Waals surface area contributed by atoms with Gasteiger partial charge in [0.1, 0.15) is 23.4 Å². The highest BCUT2D eigenvalue weighted by Gasteiger charge is 2.47. The lowest BCUT2D eigenvalue weighted by molar-refractivity contribution is -0.139. The quantitative estimate of drug-likeness (QED) is 0.463. The van der Waals surface area contributed by atoms with Crippen LogP contribution >= 0.6 is 11.8 Å². The number of carbonyl (C=O) groups is 3. The van der Waals surface area contributed by atoms with Gasteiger partial charge in [0.15, 0.2) is 22.8 Å². The van der Waals surface area contributed by atoms with Crippen LogP contribution in [0.25, 0.3) is 0 Å². The molecule has 4 rings (SSSR count). The van der Waals surface area contributed by atoms with E-state index in [9.17, 15) is 19.6 Å². The van der Waals surface area contributed by atoms with E-state index in [0.29, 0.717) is 22.2 Å². The SMILES string of the molecule is CCOC(=O)C1=C(CSC2=NC3C(N2)C(=O)N(C)C(=O)N3C)OC(N)=C(C#N)C1c1cccc(OC)c1OC. The average Bonchev–Trinajstić information content (AvgIpc) is 3.37. The third-order valence-corrected chi connectivity index (χ3v) is 7.39. The molecule has 1 fully saturated rings. The van der Waals surface area contributed by atoms with Gasteiger partial charge in [-0.15, -0.1) is 0 Å². The number of esters is 1. The van der Waals surface area contributed by atoms with Crippen LogP contribution in [-0.4, -0.2) is 85.8 Å². The number of rotatable bonds is 7. The molecule has 0 spiro atoms. The number of carbonyl (C=O) groups excluding carboxylic acids is 3. The summed E-state index contributed by atoms with van der Waals surface area (Å²) in [6.45, 7) is 1.75. The number of thioether (sulfide) groups is 1. The molecule has 0 saturated carbocycles. The monoisotopic (exact) mass is 556 g/mol. The van der Waals surface area contributed by atoms with Crippen molar-refractivity contribution in [3.8, 4) is 17.6 Å². The van der Waals surface area contributed by atoms with Crippen LogP contribution in [-0.2, 0) is 19.1 Å². The molecule has 0 bridgehead atoms. The van der Waals surface area contributed by atoms with Crippen LogP contribution in [0.3, 0.4) is 0 Å². The maximum absolute atomic E-state index is 13.3. The molecule has 1 aromatic carbocycles. The number of hydrogen-bond donors (Lipinski definition) is 2. The second-order valence-electron chi connectivity index (χ2n) is 8.61. The number of nitrogens with one attached hydrogen (secondary N) is 1. The number of allylic oxidation sites excluding steroid dienone is 1. The number of methoxy groups -OCH3 is 2. The van der Waals surface area contributed by atoms with E-state index in [-0.39, 0.29) is 35.1 Å². The van der Waals surface area contributed by atoms with Crippen LogP contribution in [0.1, 0.15) is 18.4 Å². The van der Waals surface area contributed by atoms with Crippen molar-refractivity contribution in [1.82, 2.24) is 15.1 Å². The fourth-order valence-electron chi connectivity index (χ4n) is 4.61. The number of hydrogen-bond acceptors (Lipinski definition) is 12. The van der Waals surface area contributed by atoms with Crippen molar-refractivity contribution in [2.75, 3.05) is 40.7 Å². The van der Waals surface area contributed by atoms with Gasteiger partial charge >= 0.3 is 12.0 Å². The zero-order valence-corrected chi connectivity index (χ0v) is 22.8. The number of likely N-dealkylation sites (N-methyl/N-ethyl adjacent to an activating group) is 2. The number of nitriles is 1. The average molecular weight is 557 g/mol. The molecule has 3 aliphatic rings. The second-order valence-corrected chi connectivity index (χ2v) is 9.58. The van der Waals surface area contributed by atoms with Crippen molar-refractivity contribution in [3.05, 3.63) is 46.6 Å². The number of amidine groups is 1. The molecular formula is C25H28N6O7S. The van der Waals surface area contributed by atoms with Gasteiger partial charge in [0, 0.05) is 19.7 Å². The van der Waals surface area contributed by atoms with Crippen molar-refractivity contribution in [2.45, 2.75) is 25.0 Å². The summed E-state index contributed by atoms with van der Waals surface area (Å²) in [7, 11) is 5.90. The van der Waals surface area contributed by atoms with Crippen LogP contribution in [0, 0.1) is 11.3 Å². The number of nitrogens with two attached hydrogens (primary N) is 1. The predicted octanol–water partition coefficient (Wildman–Crippen LogP) is 1.24. The first kappa shape index (κ1) is 27.6. The number of para-hydroxylation sites is 1. The Morgan fingerprint density at radius 1 is 1.28 bits per heavy atom. The number of urea groups is 1. The van der Waals surface area contributed by atoms with Gasteiger partial charge in [0.2, 0.25) is 5.88 Å². The normalized spacial score (nSPS) is 22.6. The van der Waals surface area contributed by atoms with Gasteiger partial charge in [-0.25, -0.2) is 14.6 Å². The topological polar surface area (TPSA) is 169 Å². The summed E-state index contributed by atoms with van der Waals surface area (Å²) in [5.41, 5.74) is 6.72. The van der Waals surface area contributed by atoms with Crippen LogP contribution < -0.4 is 20.5 Å². The summed E-state index contributed by atoms with van der Waals surface area (Å²) >= 11 is 1.15. The Kier molecular flexibility index (Phi) is 7.91. The van der Waals surface area contributed by atoms with Crippen molar-refractivity contribution in [3.63, 3.8) is 0 Å². The number of amides is 3. The molecule has 1 saturated heterocycles. The summed E-state index contributed by atoms with van der Waals surface area (Å²) in [4.78, 5) is 45.2. The lowest BCUT2D eigenvalue weighted by Crippen LogP contribution is -2.63. The van der Waals surface area contributed by atoms with Gasteiger partial charge in [-0.1, -0.05) is 23.9 Å². The standard InChI is InChI=1S/C25H28N6O7S/c1-6-37-23(33)17-15(11-39-24-28-18-21(29-24)30(2)25(34)31(3)22(18)32)38-20(27)13(10-26)16(17)12-8-7-9-14(35-4)19(12)36-5/h7-9,16,18,21H,6,11,27H2,1-5H3,(H,28,29). The number of ether oxygens (including phenoxy) is 4.